The van der Waals surface area contributed by atoms with Gasteiger partial charge in [0, 0.05) is 13.1 Å². The highest BCUT2D eigenvalue weighted by atomic mass is 32.2. The van der Waals surface area contributed by atoms with E-state index in [1.165, 1.54) is 0 Å². The van der Waals surface area contributed by atoms with Crippen molar-refractivity contribution in [1.82, 2.24) is 4.31 Å². The Bertz CT molecular complexity index is 33.2. The van der Waals surface area contributed by atoms with Crippen molar-refractivity contribution in [2.24, 2.45) is 0 Å². The van der Waals surface area contributed by atoms with Crippen LogP contribution < -0.4 is 0 Å². The molecule has 3 heteroatoms. The first kappa shape index (κ1) is 7.27. The van der Waals surface area contributed by atoms with Gasteiger partial charge in [0.15, 0.2) is 0 Å². The van der Waals surface area contributed by atoms with Crippen LogP contribution in [0.25, 0.3) is 0 Å². The predicted molar refractivity (Wildman–Crippen MR) is 33.1 cm³/mol. The monoisotopic (exact) mass is 121 g/mol. The van der Waals surface area contributed by atoms with E-state index in [2.05, 4.69) is 0 Å². The summed E-state index contributed by atoms with van der Waals surface area (Å²) in [5.74, 6) is 0. The maximum atomic E-state index is 8.37. The molecule has 0 aliphatic carbocycles. The zero-order valence-corrected chi connectivity index (χ0v) is 5.53. The van der Waals surface area contributed by atoms with E-state index in [0.29, 0.717) is 0 Å². The van der Waals surface area contributed by atoms with Crippen LogP contribution >= 0.6 is 12.2 Å². The van der Waals surface area contributed by atoms with Gasteiger partial charge in [-0.25, -0.2) is 4.31 Å². The van der Waals surface area contributed by atoms with E-state index < -0.39 is 0 Å². The van der Waals surface area contributed by atoms with Gasteiger partial charge in [-0.15, -0.1) is 0 Å². The maximum absolute atomic E-state index is 8.37. The molecule has 0 fully saturated rings. The van der Waals surface area contributed by atoms with Crippen molar-refractivity contribution in [3.63, 3.8) is 0 Å². The van der Waals surface area contributed by atoms with Crippen molar-refractivity contribution in [3.8, 4) is 0 Å². The van der Waals surface area contributed by atoms with E-state index in [-0.39, 0.29) is 0 Å². The van der Waals surface area contributed by atoms with Gasteiger partial charge in [-0.3, -0.25) is 0 Å². The average molecular weight is 121 g/mol. The number of rotatable bonds is 3. The fourth-order valence-corrected chi connectivity index (χ4v) is 0.570. The van der Waals surface area contributed by atoms with Crippen LogP contribution in [0, 0.1) is 0 Å². The van der Waals surface area contributed by atoms with Crippen molar-refractivity contribution in [3.05, 3.63) is 0 Å². The van der Waals surface area contributed by atoms with Gasteiger partial charge in [-0.2, -0.15) is 0 Å². The third-order valence-corrected chi connectivity index (χ3v) is 1.57. The molecule has 0 aliphatic rings. The van der Waals surface area contributed by atoms with Crippen LogP contribution in [0.5, 0.6) is 0 Å². The predicted octanol–water partition coefficient (Wildman–Crippen LogP) is 1.45. The molecule has 0 unspecified atom stereocenters. The zero-order valence-electron chi connectivity index (χ0n) is 4.72. The summed E-state index contributed by atoms with van der Waals surface area (Å²) in [6, 6.07) is 0. The Kier molecular flexibility index (Phi) is 4.60. The fourth-order valence-electron chi connectivity index (χ4n) is 0.339. The molecule has 0 rings (SSSR count). The van der Waals surface area contributed by atoms with E-state index >= 15 is 0 Å². The topological polar surface area (TPSA) is 23.5 Å². The van der Waals surface area contributed by atoms with Crippen LogP contribution in [0.1, 0.15) is 13.8 Å². The molecule has 0 aromatic carbocycles. The molecular formula is C4H11NOS. The minimum absolute atomic E-state index is 0.803. The van der Waals surface area contributed by atoms with Gasteiger partial charge < -0.3 is 4.55 Å². The Hall–Kier alpha value is 0.270. The second kappa shape index (κ2) is 4.43. The molecule has 0 saturated heterocycles. The lowest BCUT2D eigenvalue weighted by atomic mass is 10.7. The normalized spacial score (nSPS) is 10.3. The molecule has 0 aliphatic heterocycles. The first-order chi connectivity index (χ1) is 3.35. The summed E-state index contributed by atoms with van der Waals surface area (Å²) in [5.41, 5.74) is 0. The fraction of sp³-hybridized carbons (Fsp3) is 1.00. The molecule has 44 valence electrons. The highest BCUT2D eigenvalue weighted by Gasteiger charge is 1.92. The summed E-state index contributed by atoms with van der Waals surface area (Å²) in [5, 5.41) is 0. The number of hydrogen-bond donors (Lipinski definition) is 1. The van der Waals surface area contributed by atoms with Crippen molar-refractivity contribution in [2.75, 3.05) is 13.1 Å². The van der Waals surface area contributed by atoms with Gasteiger partial charge in [0.1, 0.15) is 0 Å². The Balaban J connectivity index is 2.99. The van der Waals surface area contributed by atoms with Gasteiger partial charge in [-0.05, 0) is 0 Å². The Morgan fingerprint density at radius 3 is 1.86 bits per heavy atom. The highest BCUT2D eigenvalue weighted by Crippen LogP contribution is 2.00. The molecule has 0 spiro atoms. The van der Waals surface area contributed by atoms with E-state index in [4.69, 9.17) is 4.55 Å². The van der Waals surface area contributed by atoms with Crippen molar-refractivity contribution in [2.45, 2.75) is 13.8 Å². The van der Waals surface area contributed by atoms with E-state index in [0.717, 1.165) is 25.3 Å². The summed E-state index contributed by atoms with van der Waals surface area (Å²) in [4.78, 5) is 0. The number of nitrogens with zero attached hydrogens (tertiary/aromatic N) is 1. The Labute approximate surface area is 48.9 Å². The lowest BCUT2D eigenvalue weighted by molar-refractivity contribution is 0.479. The third-order valence-electron chi connectivity index (χ3n) is 0.821. The van der Waals surface area contributed by atoms with Crippen LogP contribution in [0.15, 0.2) is 0 Å². The molecule has 1 N–H and O–H groups in total. The Morgan fingerprint density at radius 2 is 1.86 bits per heavy atom. The minimum Gasteiger partial charge on any atom is -0.317 e. The highest BCUT2D eigenvalue weighted by molar-refractivity contribution is 7.91. The van der Waals surface area contributed by atoms with Crippen LogP contribution in [0.4, 0.5) is 0 Å². The summed E-state index contributed by atoms with van der Waals surface area (Å²) in [6.07, 6.45) is 0. The van der Waals surface area contributed by atoms with E-state index in [9.17, 15) is 0 Å². The largest absolute Gasteiger partial charge is 0.317 e. The zero-order chi connectivity index (χ0) is 5.70. The SMILES string of the molecule is CCN(CC)SO. The lowest BCUT2D eigenvalue weighted by Crippen LogP contribution is -2.12. The van der Waals surface area contributed by atoms with Crippen LogP contribution in [-0.2, 0) is 0 Å². The Morgan fingerprint density at radius 1 is 1.43 bits per heavy atom. The molecule has 0 amide bonds. The summed E-state index contributed by atoms with van der Waals surface area (Å²) in [7, 11) is 0. The van der Waals surface area contributed by atoms with Crippen LogP contribution in [0.3, 0.4) is 0 Å². The first-order valence-corrected chi connectivity index (χ1v) is 3.14. The standard InChI is InChI=1S/C4H11NOS/c1-3-5(4-2)7-6/h6H,3-4H2,1-2H3. The second-order valence-electron chi connectivity index (χ2n) is 1.20. The van der Waals surface area contributed by atoms with Crippen molar-refractivity contribution >= 4 is 12.2 Å². The lowest BCUT2D eigenvalue weighted by Gasteiger charge is -2.09. The second-order valence-corrected chi connectivity index (χ2v) is 1.88. The number of hydrogen-bond acceptors (Lipinski definition) is 3. The molecule has 2 nitrogen and oxygen atoms in total. The minimum atomic E-state index is 0.803. The quantitative estimate of drug-likeness (QED) is 0.451. The van der Waals surface area contributed by atoms with Gasteiger partial charge >= 0.3 is 0 Å². The smallest absolute Gasteiger partial charge is 0.0789 e. The molecule has 7 heavy (non-hydrogen) atoms. The third kappa shape index (κ3) is 2.91. The van der Waals surface area contributed by atoms with Gasteiger partial charge in [0.05, 0.1) is 12.2 Å². The first-order valence-electron chi connectivity index (χ1n) is 2.41. The summed E-state index contributed by atoms with van der Waals surface area (Å²) in [6.45, 7) is 5.81. The molecular weight excluding hydrogens is 110 g/mol. The van der Waals surface area contributed by atoms with Crippen molar-refractivity contribution in [1.29, 1.82) is 0 Å². The molecule has 0 aromatic heterocycles. The van der Waals surface area contributed by atoms with Crippen LogP contribution in [-0.4, -0.2) is 21.9 Å². The van der Waals surface area contributed by atoms with E-state index in [1.54, 1.807) is 0 Å². The summed E-state index contributed by atoms with van der Waals surface area (Å²) < 4.78 is 10.2. The maximum Gasteiger partial charge on any atom is 0.0789 e. The molecule has 0 bridgehead atoms. The van der Waals surface area contributed by atoms with Gasteiger partial charge in [-0.1, -0.05) is 13.8 Å². The molecule has 0 heterocycles. The summed E-state index contributed by atoms with van der Waals surface area (Å²) >= 11 is 0.803. The molecule has 0 aromatic rings. The van der Waals surface area contributed by atoms with Gasteiger partial charge in [0.25, 0.3) is 0 Å². The van der Waals surface area contributed by atoms with Crippen LogP contribution in [0.2, 0.25) is 0 Å². The van der Waals surface area contributed by atoms with E-state index in [1.807, 2.05) is 18.2 Å². The molecule has 0 saturated carbocycles. The van der Waals surface area contributed by atoms with Gasteiger partial charge in [0.2, 0.25) is 0 Å². The van der Waals surface area contributed by atoms with Crippen molar-refractivity contribution < 1.29 is 4.55 Å². The molecule has 0 atom stereocenters. The molecule has 0 radical (unpaired) electrons. The average Bonchev–Trinajstić information content (AvgIpc) is 1.72.